The number of carbonyl (C=O) groups is 1. The van der Waals surface area contributed by atoms with Crippen LogP contribution < -0.4 is 0 Å². The fraction of sp³-hybridized carbons (Fsp3) is 0.261. The third-order valence-electron chi connectivity index (χ3n) is 5.30. The van der Waals surface area contributed by atoms with Gasteiger partial charge < -0.3 is 5.11 Å². The second kappa shape index (κ2) is 7.57. The lowest BCUT2D eigenvalue weighted by Gasteiger charge is -2.30. The van der Waals surface area contributed by atoms with Gasteiger partial charge in [0.1, 0.15) is 0 Å². The highest BCUT2D eigenvalue weighted by atomic mass is 19.3. The number of pyridine rings is 1. The fourth-order valence-electron chi connectivity index (χ4n) is 3.66. The zero-order valence-electron chi connectivity index (χ0n) is 16.6. The first-order chi connectivity index (χ1) is 14.3. The first-order valence-electron chi connectivity index (χ1n) is 9.71. The highest BCUT2D eigenvalue weighted by molar-refractivity contribution is 6.08. The summed E-state index contributed by atoms with van der Waals surface area (Å²) in [7, 11) is 0. The van der Waals surface area contributed by atoms with E-state index in [1.54, 1.807) is 30.3 Å². The van der Waals surface area contributed by atoms with Crippen molar-refractivity contribution >= 4 is 22.5 Å². The van der Waals surface area contributed by atoms with Crippen molar-refractivity contribution in [1.29, 1.82) is 0 Å². The van der Waals surface area contributed by atoms with Crippen LogP contribution in [0.2, 0.25) is 0 Å². The second-order valence-corrected chi connectivity index (χ2v) is 7.43. The van der Waals surface area contributed by atoms with Gasteiger partial charge in [-0.1, -0.05) is 49.4 Å². The maximum absolute atomic E-state index is 13.6. The minimum Gasteiger partial charge on any atom is -0.364 e. The lowest BCUT2D eigenvalue weighted by Crippen LogP contribution is -2.51. The van der Waals surface area contributed by atoms with Gasteiger partial charge in [0.05, 0.1) is 16.8 Å². The fourth-order valence-corrected chi connectivity index (χ4v) is 3.66. The number of amides is 1. The number of hydrazone groups is 1. The maximum Gasteiger partial charge on any atom is 0.287 e. The molecule has 1 atom stereocenters. The zero-order chi connectivity index (χ0) is 21.5. The number of rotatable bonds is 4. The van der Waals surface area contributed by atoms with Crippen LogP contribution in [0.1, 0.15) is 36.2 Å². The standard InChI is InChI=1S/C23H21F2N3O2/c1-3-15-8-10-16(11-9-15)20-12-18(17-6-4-5-7-19(17)26-20)21(29)28-23(30,22(24)25)13-14(2)27-28/h4-12,22,30H,3,13H2,1-2H3/t23-/m0/s1. The average molecular weight is 409 g/mol. The molecule has 5 nitrogen and oxygen atoms in total. The van der Waals surface area contributed by atoms with Gasteiger partial charge in [0, 0.05) is 23.1 Å². The van der Waals surface area contributed by atoms with E-state index in [2.05, 4.69) is 17.0 Å². The summed E-state index contributed by atoms with van der Waals surface area (Å²) in [5.41, 5.74) is 0.831. The summed E-state index contributed by atoms with van der Waals surface area (Å²) in [6, 6.07) is 16.4. The third kappa shape index (κ3) is 3.35. The maximum atomic E-state index is 13.6. The molecule has 154 valence electrons. The van der Waals surface area contributed by atoms with E-state index in [9.17, 15) is 18.7 Å². The smallest absolute Gasteiger partial charge is 0.287 e. The first kappa shape index (κ1) is 20.1. The average Bonchev–Trinajstić information content (AvgIpc) is 3.08. The van der Waals surface area contributed by atoms with Crippen molar-refractivity contribution in [1.82, 2.24) is 9.99 Å². The molecule has 3 aromatic rings. The number of aliphatic hydroxyl groups is 1. The van der Waals surface area contributed by atoms with E-state index in [0.29, 0.717) is 21.6 Å². The van der Waals surface area contributed by atoms with E-state index in [-0.39, 0.29) is 11.3 Å². The van der Waals surface area contributed by atoms with Crippen LogP contribution in [0.3, 0.4) is 0 Å². The van der Waals surface area contributed by atoms with Gasteiger partial charge >= 0.3 is 0 Å². The molecule has 0 unspecified atom stereocenters. The molecule has 1 aliphatic heterocycles. The number of aryl methyl sites for hydroxylation is 1. The number of hydrogen-bond donors (Lipinski definition) is 1. The number of benzene rings is 2. The molecule has 30 heavy (non-hydrogen) atoms. The molecule has 0 spiro atoms. The molecule has 7 heteroatoms. The monoisotopic (exact) mass is 409 g/mol. The van der Waals surface area contributed by atoms with Crippen molar-refractivity contribution in [3.63, 3.8) is 0 Å². The van der Waals surface area contributed by atoms with E-state index >= 15 is 0 Å². The molecule has 0 bridgehead atoms. The summed E-state index contributed by atoms with van der Waals surface area (Å²) in [4.78, 5) is 17.9. The first-order valence-corrected chi connectivity index (χ1v) is 9.71. The molecule has 0 fully saturated rings. The molecule has 0 radical (unpaired) electrons. The SMILES string of the molecule is CCc1ccc(-c2cc(C(=O)N3N=C(C)C[C@]3(O)C(F)F)c3ccccc3n2)cc1. The highest BCUT2D eigenvalue weighted by Crippen LogP contribution is 2.34. The number of para-hydroxylation sites is 1. The Bertz CT molecular complexity index is 1140. The normalized spacial score (nSPS) is 18.9. The van der Waals surface area contributed by atoms with Gasteiger partial charge in [-0.15, -0.1) is 0 Å². The minimum atomic E-state index is -3.16. The predicted octanol–water partition coefficient (Wildman–Crippen LogP) is 4.64. The Morgan fingerprint density at radius 3 is 2.57 bits per heavy atom. The van der Waals surface area contributed by atoms with Gasteiger partial charge in [-0.25, -0.2) is 13.8 Å². The highest BCUT2D eigenvalue weighted by Gasteiger charge is 2.51. The van der Waals surface area contributed by atoms with E-state index in [4.69, 9.17) is 0 Å². The van der Waals surface area contributed by atoms with Gasteiger partial charge in [0.15, 0.2) is 0 Å². The molecule has 0 aliphatic carbocycles. The van der Waals surface area contributed by atoms with E-state index in [0.717, 1.165) is 12.0 Å². The Hall–Kier alpha value is -3.19. The van der Waals surface area contributed by atoms with Gasteiger partial charge in [0.2, 0.25) is 5.72 Å². The molecular weight excluding hydrogens is 388 g/mol. The lowest BCUT2D eigenvalue weighted by atomic mass is 10.0. The Morgan fingerprint density at radius 1 is 1.20 bits per heavy atom. The van der Waals surface area contributed by atoms with Gasteiger partial charge in [-0.2, -0.15) is 10.1 Å². The molecule has 1 amide bonds. The molecule has 2 heterocycles. The van der Waals surface area contributed by atoms with Crippen LogP contribution in [-0.4, -0.2) is 38.9 Å². The Morgan fingerprint density at radius 2 is 1.90 bits per heavy atom. The van der Waals surface area contributed by atoms with E-state index < -0.39 is 24.5 Å². The Balaban J connectivity index is 1.86. The number of carbonyl (C=O) groups excluding carboxylic acids is 1. The van der Waals surface area contributed by atoms with Crippen LogP contribution in [0.4, 0.5) is 8.78 Å². The molecule has 1 aliphatic rings. The molecule has 1 aromatic heterocycles. The summed E-state index contributed by atoms with van der Waals surface area (Å²) in [6.45, 7) is 3.56. The number of halogens is 2. The van der Waals surface area contributed by atoms with Crippen LogP contribution in [0.25, 0.3) is 22.2 Å². The number of fused-ring (bicyclic) bond motifs is 1. The summed E-state index contributed by atoms with van der Waals surface area (Å²) >= 11 is 0. The topological polar surface area (TPSA) is 65.8 Å². The molecule has 1 N–H and O–H groups in total. The summed E-state index contributed by atoms with van der Waals surface area (Å²) < 4.78 is 27.2. The van der Waals surface area contributed by atoms with Crippen molar-refractivity contribution in [2.75, 3.05) is 0 Å². The van der Waals surface area contributed by atoms with Crippen LogP contribution in [0.5, 0.6) is 0 Å². The zero-order valence-corrected chi connectivity index (χ0v) is 16.6. The van der Waals surface area contributed by atoms with Crippen LogP contribution in [0.15, 0.2) is 59.7 Å². The number of alkyl halides is 2. The predicted molar refractivity (Wildman–Crippen MR) is 111 cm³/mol. The van der Waals surface area contributed by atoms with E-state index in [1.165, 1.54) is 12.5 Å². The van der Waals surface area contributed by atoms with Crippen LogP contribution in [0, 0.1) is 0 Å². The minimum absolute atomic E-state index is 0.160. The lowest BCUT2D eigenvalue weighted by molar-refractivity contribution is -0.164. The van der Waals surface area contributed by atoms with E-state index in [1.807, 2.05) is 24.3 Å². The molecule has 0 saturated carbocycles. The largest absolute Gasteiger partial charge is 0.364 e. The van der Waals surface area contributed by atoms with Crippen molar-refractivity contribution in [2.45, 2.75) is 38.8 Å². The second-order valence-electron chi connectivity index (χ2n) is 7.43. The molecule has 2 aromatic carbocycles. The number of nitrogens with zero attached hydrogens (tertiary/aromatic N) is 3. The third-order valence-corrected chi connectivity index (χ3v) is 5.30. The van der Waals surface area contributed by atoms with Crippen molar-refractivity contribution in [2.24, 2.45) is 5.10 Å². The summed E-state index contributed by atoms with van der Waals surface area (Å²) in [5, 5.41) is 15.4. The number of hydrogen-bond acceptors (Lipinski definition) is 4. The molecule has 0 saturated heterocycles. The quantitative estimate of drug-likeness (QED) is 0.683. The Kier molecular flexibility index (Phi) is 5.07. The van der Waals surface area contributed by atoms with Gasteiger partial charge in [0.25, 0.3) is 12.3 Å². The molecular formula is C23H21F2N3O2. The van der Waals surface area contributed by atoms with Gasteiger partial charge in [-0.3, -0.25) is 4.79 Å². The summed E-state index contributed by atoms with van der Waals surface area (Å²) in [5.74, 6) is -0.792. The number of aromatic nitrogens is 1. The van der Waals surface area contributed by atoms with Crippen molar-refractivity contribution < 1.29 is 18.7 Å². The van der Waals surface area contributed by atoms with Crippen molar-refractivity contribution in [3.05, 3.63) is 65.7 Å². The van der Waals surface area contributed by atoms with Crippen LogP contribution >= 0.6 is 0 Å². The Labute approximate surface area is 172 Å². The summed E-state index contributed by atoms with van der Waals surface area (Å²) in [6.07, 6.45) is -2.66. The van der Waals surface area contributed by atoms with Crippen LogP contribution in [-0.2, 0) is 6.42 Å². The molecule has 4 rings (SSSR count). The van der Waals surface area contributed by atoms with Crippen molar-refractivity contribution in [3.8, 4) is 11.3 Å². The van der Waals surface area contributed by atoms with Gasteiger partial charge in [-0.05, 0) is 31.0 Å².